The second-order valence-corrected chi connectivity index (χ2v) is 10.8. The Hall–Kier alpha value is -1.68. The summed E-state index contributed by atoms with van der Waals surface area (Å²) in [4.78, 5) is 13.6. The average molecular weight is 409 g/mol. The molecule has 4 nitrogen and oxygen atoms in total. The second-order valence-electron chi connectivity index (χ2n) is 10.8. The van der Waals surface area contributed by atoms with Gasteiger partial charge in [0.05, 0.1) is 11.8 Å². The molecule has 6 unspecified atom stereocenters. The molecular weight excluding hydrogens is 372 g/mol. The first kappa shape index (κ1) is 20.2. The number of ketones is 1. The number of rotatable bonds is 2. The molecule has 5 rings (SSSR count). The van der Waals surface area contributed by atoms with E-state index in [1.165, 1.54) is 5.57 Å². The van der Waals surface area contributed by atoms with Crippen LogP contribution in [0.15, 0.2) is 23.4 Å². The third-order valence-corrected chi connectivity index (χ3v) is 9.36. The number of carbonyl (C=O) groups excluding carboxylic acids is 1. The predicted molar refractivity (Wildman–Crippen MR) is 119 cm³/mol. The quantitative estimate of drug-likeness (QED) is 0.547. The highest BCUT2D eigenvalue weighted by Gasteiger charge is 2.59. The number of aliphatic hydroxyl groups is 1. The van der Waals surface area contributed by atoms with Crippen LogP contribution in [0.3, 0.4) is 0 Å². The van der Waals surface area contributed by atoms with Crippen LogP contribution in [0.5, 0.6) is 0 Å². The summed E-state index contributed by atoms with van der Waals surface area (Å²) in [6.45, 7) is 9.67. The monoisotopic (exact) mass is 408 g/mol. The number of hydrogen-bond donors (Lipinski definition) is 1. The van der Waals surface area contributed by atoms with Crippen LogP contribution in [0.4, 0.5) is 0 Å². The van der Waals surface area contributed by atoms with Crippen molar-refractivity contribution in [2.24, 2.45) is 28.6 Å². The molecule has 1 aromatic heterocycles. The van der Waals surface area contributed by atoms with Gasteiger partial charge in [-0.15, -0.1) is 0 Å². The van der Waals surface area contributed by atoms with Crippen molar-refractivity contribution < 1.29 is 9.90 Å². The van der Waals surface area contributed by atoms with Gasteiger partial charge in [-0.05, 0) is 93.6 Å². The van der Waals surface area contributed by atoms with Crippen molar-refractivity contribution in [3.8, 4) is 0 Å². The van der Waals surface area contributed by atoms with Crippen LogP contribution in [0.1, 0.15) is 77.0 Å². The van der Waals surface area contributed by atoms with Crippen LogP contribution < -0.4 is 0 Å². The Bertz CT molecular complexity index is 941. The lowest BCUT2D eigenvalue weighted by Crippen LogP contribution is -2.50. The van der Waals surface area contributed by atoms with Gasteiger partial charge in [0.1, 0.15) is 0 Å². The molecule has 1 heterocycles. The van der Waals surface area contributed by atoms with Crippen LogP contribution in [-0.2, 0) is 11.3 Å². The van der Waals surface area contributed by atoms with Crippen LogP contribution in [0, 0.1) is 35.5 Å². The van der Waals surface area contributed by atoms with E-state index >= 15 is 0 Å². The molecule has 3 saturated carbocycles. The van der Waals surface area contributed by atoms with E-state index in [-0.39, 0.29) is 16.9 Å². The summed E-state index contributed by atoms with van der Waals surface area (Å²) in [6.07, 6.45) is 13.5. The number of aromatic nitrogens is 2. The molecule has 3 fully saturated rings. The average Bonchev–Trinajstić information content (AvgIpc) is 3.20. The summed E-state index contributed by atoms with van der Waals surface area (Å²) in [5, 5.41) is 14.8. The summed E-state index contributed by atoms with van der Waals surface area (Å²) < 4.78 is 1.96. The molecule has 0 amide bonds. The van der Waals surface area contributed by atoms with Crippen LogP contribution >= 0.6 is 0 Å². The summed E-state index contributed by atoms with van der Waals surface area (Å²) >= 11 is 0. The Labute approximate surface area is 180 Å². The summed E-state index contributed by atoms with van der Waals surface area (Å²) in [7, 11) is 0. The highest BCUT2D eigenvalue weighted by atomic mass is 16.3. The zero-order valence-electron chi connectivity index (χ0n) is 18.9. The lowest BCUT2D eigenvalue weighted by molar-refractivity contribution is -0.130. The molecule has 0 spiro atoms. The number of carbonyl (C=O) groups is 1. The first-order valence-corrected chi connectivity index (χ1v) is 11.9. The van der Waals surface area contributed by atoms with E-state index in [9.17, 15) is 9.90 Å². The van der Waals surface area contributed by atoms with Gasteiger partial charge < -0.3 is 5.11 Å². The molecule has 0 bridgehead atoms. The third kappa shape index (κ3) is 2.82. The van der Waals surface area contributed by atoms with Crippen LogP contribution in [-0.4, -0.2) is 26.8 Å². The van der Waals surface area contributed by atoms with Crippen molar-refractivity contribution in [3.63, 3.8) is 0 Å². The van der Waals surface area contributed by atoms with E-state index in [0.29, 0.717) is 23.5 Å². The lowest BCUT2D eigenvalue weighted by atomic mass is 9.48. The van der Waals surface area contributed by atoms with Gasteiger partial charge in [-0.2, -0.15) is 5.10 Å². The molecule has 1 aromatic rings. The van der Waals surface area contributed by atoms with Crippen LogP contribution in [0.2, 0.25) is 0 Å². The zero-order chi connectivity index (χ0) is 21.3. The fourth-order valence-electron chi connectivity index (χ4n) is 7.47. The molecule has 4 aliphatic rings. The third-order valence-electron chi connectivity index (χ3n) is 9.36. The molecule has 6 atom stereocenters. The fourth-order valence-corrected chi connectivity index (χ4v) is 7.47. The van der Waals surface area contributed by atoms with E-state index in [0.717, 1.165) is 68.3 Å². The van der Waals surface area contributed by atoms with Crippen molar-refractivity contribution >= 4 is 11.9 Å². The highest BCUT2D eigenvalue weighted by Crippen LogP contribution is 2.64. The van der Waals surface area contributed by atoms with Crippen molar-refractivity contribution in [1.82, 2.24) is 9.78 Å². The Morgan fingerprint density at radius 3 is 2.70 bits per heavy atom. The number of aliphatic hydroxyl groups excluding tert-OH is 1. The minimum absolute atomic E-state index is 0.162. The van der Waals surface area contributed by atoms with Gasteiger partial charge in [-0.3, -0.25) is 9.48 Å². The fraction of sp³-hybridized carbons (Fsp3) is 0.692. The Morgan fingerprint density at radius 2 is 1.97 bits per heavy atom. The summed E-state index contributed by atoms with van der Waals surface area (Å²) in [5.74, 6) is 2.06. The van der Waals surface area contributed by atoms with Crippen molar-refractivity contribution in [1.29, 1.82) is 0 Å². The largest absolute Gasteiger partial charge is 0.393 e. The summed E-state index contributed by atoms with van der Waals surface area (Å²) in [6, 6.07) is 0. The first-order valence-electron chi connectivity index (χ1n) is 11.9. The molecule has 0 radical (unpaired) electrons. The molecule has 0 aromatic carbocycles. The number of Topliss-reactive ketones (excluding diaryl/α,β-unsaturated/α-hetero) is 1. The van der Waals surface area contributed by atoms with E-state index in [4.69, 9.17) is 0 Å². The maximum atomic E-state index is 13.6. The minimum atomic E-state index is -0.211. The Morgan fingerprint density at radius 1 is 1.20 bits per heavy atom. The number of hydrogen-bond acceptors (Lipinski definition) is 3. The maximum Gasteiger partial charge on any atom is 0.165 e. The molecule has 162 valence electrons. The topological polar surface area (TPSA) is 55.1 Å². The van der Waals surface area contributed by atoms with Crippen molar-refractivity contribution in [2.45, 2.75) is 85.3 Å². The van der Waals surface area contributed by atoms with Crippen molar-refractivity contribution in [2.75, 3.05) is 0 Å². The van der Waals surface area contributed by atoms with E-state index in [1.807, 2.05) is 11.6 Å². The van der Waals surface area contributed by atoms with E-state index in [2.05, 4.69) is 44.2 Å². The van der Waals surface area contributed by atoms with E-state index in [1.54, 1.807) is 0 Å². The van der Waals surface area contributed by atoms with E-state index < -0.39 is 0 Å². The molecule has 4 heteroatoms. The van der Waals surface area contributed by atoms with Gasteiger partial charge in [-0.1, -0.05) is 25.5 Å². The number of fused-ring (bicyclic) bond motifs is 5. The molecule has 1 N–H and O–H groups in total. The number of allylic oxidation sites excluding steroid dienone is 2. The standard InChI is InChI=1S/C26H36N2O2/c1-5-28-15-18(16(2)27-28)12-17-13-23-21-7-6-19-14-20(29)8-10-25(19,3)22(21)9-11-26(23,4)24(17)30/h6,12,15,20-23,29H,5,7-11,13-14H2,1-4H3/b17-12+. The number of aryl methyl sites for hydroxylation is 2. The van der Waals surface area contributed by atoms with Gasteiger partial charge in [0.25, 0.3) is 0 Å². The van der Waals surface area contributed by atoms with Crippen LogP contribution in [0.25, 0.3) is 6.08 Å². The van der Waals surface area contributed by atoms with Gasteiger partial charge in [0.2, 0.25) is 0 Å². The second kappa shape index (κ2) is 6.91. The first-order chi connectivity index (χ1) is 14.3. The molecular formula is C26H36N2O2. The molecule has 30 heavy (non-hydrogen) atoms. The molecule has 4 aliphatic carbocycles. The predicted octanol–water partition coefficient (Wildman–Crippen LogP) is 5.10. The van der Waals surface area contributed by atoms with Gasteiger partial charge in [-0.25, -0.2) is 0 Å². The molecule has 0 saturated heterocycles. The normalized spacial score (nSPS) is 42.0. The Kier molecular flexibility index (Phi) is 4.66. The maximum absolute atomic E-state index is 13.6. The van der Waals surface area contributed by atoms with Gasteiger partial charge in [0, 0.05) is 23.7 Å². The minimum Gasteiger partial charge on any atom is -0.393 e. The Balaban J connectivity index is 1.48. The smallest absolute Gasteiger partial charge is 0.165 e. The molecule has 0 aliphatic heterocycles. The highest BCUT2D eigenvalue weighted by molar-refractivity contribution is 6.06. The number of nitrogens with zero attached hydrogens (tertiary/aromatic N) is 2. The van der Waals surface area contributed by atoms with Gasteiger partial charge >= 0.3 is 0 Å². The van der Waals surface area contributed by atoms with Crippen molar-refractivity contribution in [3.05, 3.63) is 34.7 Å². The summed E-state index contributed by atoms with van der Waals surface area (Å²) in [5.41, 5.74) is 4.62. The zero-order valence-corrected chi connectivity index (χ0v) is 18.9. The SMILES string of the molecule is CCn1cc(/C=C2\CC3C4CC=C5CC(O)CCC5(C)C4CCC3(C)C2=O)c(C)n1. The lowest BCUT2D eigenvalue weighted by Gasteiger charge is -2.56. The van der Waals surface area contributed by atoms with Gasteiger partial charge in [0.15, 0.2) is 5.78 Å².